The second-order valence-corrected chi connectivity index (χ2v) is 5.04. The summed E-state index contributed by atoms with van der Waals surface area (Å²) in [5.74, 6) is 1.70. The Labute approximate surface area is 104 Å². The van der Waals surface area contributed by atoms with E-state index in [4.69, 9.17) is 4.74 Å². The van der Waals surface area contributed by atoms with Gasteiger partial charge in [0.05, 0.1) is 7.11 Å². The normalized spacial score (nSPS) is 18.8. The number of methoxy groups -OCH3 is 1. The third-order valence-corrected chi connectivity index (χ3v) is 3.80. The van der Waals surface area contributed by atoms with E-state index in [1.54, 1.807) is 7.11 Å². The molecule has 2 rings (SSSR count). The molecule has 0 bridgehead atoms. The quantitative estimate of drug-likeness (QED) is 0.860. The number of rotatable bonds is 4. The Hall–Kier alpha value is -1.18. The first-order valence-corrected chi connectivity index (χ1v) is 6.63. The van der Waals surface area contributed by atoms with Crippen LogP contribution < -0.4 is 4.74 Å². The molecule has 94 valence electrons. The van der Waals surface area contributed by atoms with Gasteiger partial charge in [-0.15, -0.1) is 0 Å². The second kappa shape index (κ2) is 5.44. The van der Waals surface area contributed by atoms with Crippen LogP contribution in [0, 0.1) is 5.92 Å². The maximum absolute atomic E-state index is 9.75. The summed E-state index contributed by atoms with van der Waals surface area (Å²) in [6.45, 7) is 2.25. The van der Waals surface area contributed by atoms with E-state index in [0.717, 1.165) is 18.8 Å². The molecular formula is C15H22O2. The minimum absolute atomic E-state index is 0.276. The van der Waals surface area contributed by atoms with Crippen LogP contribution in [0.1, 0.15) is 43.7 Å². The van der Waals surface area contributed by atoms with Gasteiger partial charge in [0, 0.05) is 0 Å². The minimum atomic E-state index is 0.276. The molecule has 2 nitrogen and oxygen atoms in total. The van der Waals surface area contributed by atoms with Gasteiger partial charge in [-0.05, 0) is 48.4 Å². The summed E-state index contributed by atoms with van der Waals surface area (Å²) < 4.78 is 5.18. The highest BCUT2D eigenvalue weighted by Gasteiger charge is 2.20. The molecule has 0 saturated heterocycles. The van der Waals surface area contributed by atoms with E-state index in [9.17, 15) is 5.11 Å². The standard InChI is InChI=1S/C15H22O2/c1-3-4-5-11-6-7-12-9-14(16)15(17-2)10-13(12)8-11/h9-11,16H,3-8H2,1-2H3. The SMILES string of the molecule is CCCCC1CCc2cc(O)c(OC)cc2C1. The number of phenols is 1. The largest absolute Gasteiger partial charge is 0.504 e. The average molecular weight is 234 g/mol. The molecule has 1 unspecified atom stereocenters. The number of fused-ring (bicyclic) bond motifs is 1. The molecule has 1 aromatic rings. The summed E-state index contributed by atoms with van der Waals surface area (Å²) in [6.07, 6.45) is 7.45. The van der Waals surface area contributed by atoms with Crippen molar-refractivity contribution < 1.29 is 9.84 Å². The first kappa shape index (κ1) is 12.3. The van der Waals surface area contributed by atoms with E-state index >= 15 is 0 Å². The Morgan fingerprint density at radius 3 is 2.88 bits per heavy atom. The van der Waals surface area contributed by atoms with Gasteiger partial charge >= 0.3 is 0 Å². The lowest BCUT2D eigenvalue weighted by Gasteiger charge is -2.25. The van der Waals surface area contributed by atoms with Gasteiger partial charge in [0.25, 0.3) is 0 Å². The van der Waals surface area contributed by atoms with Crippen LogP contribution in [0.5, 0.6) is 11.5 Å². The molecular weight excluding hydrogens is 212 g/mol. The van der Waals surface area contributed by atoms with Crippen LogP contribution in [0.15, 0.2) is 12.1 Å². The predicted octanol–water partition coefficient (Wildman–Crippen LogP) is 3.70. The zero-order valence-electron chi connectivity index (χ0n) is 10.8. The van der Waals surface area contributed by atoms with Crippen LogP contribution in [-0.2, 0) is 12.8 Å². The van der Waals surface area contributed by atoms with Crippen LogP contribution in [0.3, 0.4) is 0 Å². The first-order chi connectivity index (χ1) is 8.24. The summed E-state index contributed by atoms with van der Waals surface area (Å²) in [4.78, 5) is 0. The van der Waals surface area contributed by atoms with Crippen molar-refractivity contribution in [1.82, 2.24) is 0 Å². The molecule has 0 radical (unpaired) electrons. The first-order valence-electron chi connectivity index (χ1n) is 6.63. The maximum Gasteiger partial charge on any atom is 0.160 e. The molecule has 1 aliphatic rings. The van der Waals surface area contributed by atoms with Gasteiger partial charge in [-0.25, -0.2) is 0 Å². The highest BCUT2D eigenvalue weighted by Crippen LogP contribution is 2.36. The Morgan fingerprint density at radius 2 is 2.18 bits per heavy atom. The zero-order valence-corrected chi connectivity index (χ0v) is 10.8. The van der Waals surface area contributed by atoms with Gasteiger partial charge in [-0.3, -0.25) is 0 Å². The predicted molar refractivity (Wildman–Crippen MR) is 69.7 cm³/mol. The van der Waals surface area contributed by atoms with Crippen LogP contribution in [0.4, 0.5) is 0 Å². The van der Waals surface area contributed by atoms with Gasteiger partial charge in [-0.2, -0.15) is 0 Å². The highest BCUT2D eigenvalue weighted by atomic mass is 16.5. The van der Waals surface area contributed by atoms with Crippen LogP contribution in [0.2, 0.25) is 0 Å². The number of phenolic OH excluding ortho intramolecular Hbond substituents is 1. The van der Waals surface area contributed by atoms with Gasteiger partial charge < -0.3 is 9.84 Å². The van der Waals surface area contributed by atoms with Crippen molar-refractivity contribution in [2.24, 2.45) is 5.92 Å². The lowest BCUT2D eigenvalue weighted by molar-refractivity contribution is 0.367. The molecule has 0 fully saturated rings. The molecule has 0 heterocycles. The molecule has 0 amide bonds. The highest BCUT2D eigenvalue weighted by molar-refractivity contribution is 5.47. The fraction of sp³-hybridized carbons (Fsp3) is 0.600. The summed E-state index contributed by atoms with van der Waals surface area (Å²) in [6, 6.07) is 3.90. The Bertz CT molecular complexity index is 385. The van der Waals surface area contributed by atoms with Crippen molar-refractivity contribution in [2.45, 2.75) is 45.4 Å². The summed E-state index contributed by atoms with van der Waals surface area (Å²) in [5.41, 5.74) is 2.67. The molecule has 1 aromatic carbocycles. The third kappa shape index (κ3) is 2.74. The summed E-state index contributed by atoms with van der Waals surface area (Å²) >= 11 is 0. The Kier molecular flexibility index (Phi) is 3.93. The molecule has 1 atom stereocenters. The maximum atomic E-state index is 9.75. The smallest absolute Gasteiger partial charge is 0.160 e. The number of ether oxygens (including phenoxy) is 1. The molecule has 0 saturated carbocycles. The van der Waals surface area contributed by atoms with E-state index in [1.165, 1.54) is 36.8 Å². The second-order valence-electron chi connectivity index (χ2n) is 5.04. The topological polar surface area (TPSA) is 29.5 Å². The van der Waals surface area contributed by atoms with Gasteiger partial charge in [-0.1, -0.05) is 26.2 Å². The van der Waals surface area contributed by atoms with E-state index in [2.05, 4.69) is 6.92 Å². The van der Waals surface area contributed by atoms with Crippen LogP contribution >= 0.6 is 0 Å². The fourth-order valence-corrected chi connectivity index (χ4v) is 2.75. The van der Waals surface area contributed by atoms with Gasteiger partial charge in [0.1, 0.15) is 0 Å². The van der Waals surface area contributed by atoms with E-state index in [1.807, 2.05) is 12.1 Å². The van der Waals surface area contributed by atoms with E-state index < -0.39 is 0 Å². The van der Waals surface area contributed by atoms with Gasteiger partial charge in [0.15, 0.2) is 11.5 Å². The van der Waals surface area contributed by atoms with Crippen molar-refractivity contribution in [1.29, 1.82) is 0 Å². The number of hydrogen-bond donors (Lipinski definition) is 1. The van der Waals surface area contributed by atoms with Gasteiger partial charge in [0.2, 0.25) is 0 Å². The monoisotopic (exact) mass is 234 g/mol. The number of benzene rings is 1. The van der Waals surface area contributed by atoms with Crippen LogP contribution in [0.25, 0.3) is 0 Å². The fourth-order valence-electron chi connectivity index (χ4n) is 2.75. The van der Waals surface area contributed by atoms with Crippen LogP contribution in [-0.4, -0.2) is 12.2 Å². The average Bonchev–Trinajstić information content (AvgIpc) is 2.35. The number of unbranched alkanes of at least 4 members (excludes halogenated alkanes) is 1. The molecule has 1 aliphatic carbocycles. The number of aromatic hydroxyl groups is 1. The van der Waals surface area contributed by atoms with Crippen molar-refractivity contribution >= 4 is 0 Å². The molecule has 1 N–H and O–H groups in total. The van der Waals surface area contributed by atoms with Crippen molar-refractivity contribution in [2.75, 3.05) is 7.11 Å². The summed E-state index contributed by atoms with van der Waals surface area (Å²) in [7, 11) is 1.61. The lowest BCUT2D eigenvalue weighted by atomic mass is 9.81. The van der Waals surface area contributed by atoms with E-state index in [0.29, 0.717) is 5.75 Å². The molecule has 0 aromatic heterocycles. The van der Waals surface area contributed by atoms with Crippen molar-refractivity contribution in [3.8, 4) is 11.5 Å². The van der Waals surface area contributed by atoms with Crippen molar-refractivity contribution in [3.05, 3.63) is 23.3 Å². The number of hydrogen-bond acceptors (Lipinski definition) is 2. The lowest BCUT2D eigenvalue weighted by Crippen LogP contribution is -2.14. The third-order valence-electron chi connectivity index (χ3n) is 3.80. The Morgan fingerprint density at radius 1 is 1.35 bits per heavy atom. The summed E-state index contributed by atoms with van der Waals surface area (Å²) in [5, 5.41) is 9.75. The zero-order chi connectivity index (χ0) is 12.3. The molecule has 0 aliphatic heterocycles. The molecule has 0 spiro atoms. The van der Waals surface area contributed by atoms with E-state index in [-0.39, 0.29) is 5.75 Å². The Balaban J connectivity index is 2.13. The molecule has 2 heteroatoms. The number of aryl methyl sites for hydroxylation is 1. The van der Waals surface area contributed by atoms with Crippen molar-refractivity contribution in [3.63, 3.8) is 0 Å². The minimum Gasteiger partial charge on any atom is -0.504 e. The molecule has 17 heavy (non-hydrogen) atoms.